The van der Waals surface area contributed by atoms with Crippen molar-refractivity contribution < 1.29 is 50.6 Å². The second-order valence-corrected chi connectivity index (χ2v) is 9.38. The average molecular weight is 560 g/mol. The van der Waals surface area contributed by atoms with Crippen LogP contribution in [0.3, 0.4) is 0 Å². The van der Waals surface area contributed by atoms with Crippen LogP contribution in [0.2, 0.25) is 0 Å². The Morgan fingerprint density at radius 3 is 2.10 bits per heavy atom. The van der Waals surface area contributed by atoms with Gasteiger partial charge in [0.15, 0.2) is 0 Å². The molecule has 0 saturated heterocycles. The van der Waals surface area contributed by atoms with Crippen LogP contribution in [0.15, 0.2) is 36.4 Å². The summed E-state index contributed by atoms with van der Waals surface area (Å²) in [7, 11) is 0. The van der Waals surface area contributed by atoms with Crippen LogP contribution in [0.1, 0.15) is 72.3 Å². The van der Waals surface area contributed by atoms with E-state index < -0.39 is 65.7 Å². The summed E-state index contributed by atoms with van der Waals surface area (Å²) in [6.07, 6.45) is -10.9. The molecule has 2 aromatic carbocycles. The van der Waals surface area contributed by atoms with Crippen LogP contribution in [-0.2, 0) is 28.4 Å². The van der Waals surface area contributed by atoms with E-state index in [1.165, 1.54) is 23.1 Å². The molecule has 13 heteroatoms. The van der Waals surface area contributed by atoms with Gasteiger partial charge in [-0.2, -0.15) is 26.3 Å². The molecule has 3 rings (SSSR count). The molecule has 2 aromatic rings. The first-order chi connectivity index (χ1) is 18.0. The van der Waals surface area contributed by atoms with Gasteiger partial charge in [0.05, 0.1) is 34.5 Å². The number of fused-ring (bicyclic) bond motifs is 1. The van der Waals surface area contributed by atoms with Gasteiger partial charge in [-0.25, -0.2) is 9.59 Å². The Labute approximate surface area is 219 Å². The molecule has 39 heavy (non-hydrogen) atoms. The third-order valence-electron chi connectivity index (χ3n) is 6.12. The quantitative estimate of drug-likeness (QED) is 0.414. The van der Waals surface area contributed by atoms with Crippen LogP contribution >= 0.6 is 0 Å². The Hall–Kier alpha value is -3.77. The molecule has 7 nitrogen and oxygen atoms in total. The highest BCUT2D eigenvalue weighted by Crippen LogP contribution is 2.40. The molecule has 0 aromatic heterocycles. The fourth-order valence-corrected chi connectivity index (χ4v) is 4.45. The van der Waals surface area contributed by atoms with E-state index in [9.17, 15) is 45.8 Å². The molecule has 2 amide bonds. The number of carboxylic acids is 1. The van der Waals surface area contributed by atoms with Crippen LogP contribution in [0.4, 0.5) is 36.8 Å². The number of alkyl halides is 6. The molecule has 212 valence electrons. The molecule has 0 fully saturated rings. The first kappa shape index (κ1) is 29.8. The maximum absolute atomic E-state index is 13.4. The molecule has 0 aliphatic carbocycles. The van der Waals surface area contributed by atoms with E-state index in [2.05, 4.69) is 0 Å². The molecule has 1 N–H and O–H groups in total. The summed E-state index contributed by atoms with van der Waals surface area (Å²) in [5, 5.41) is 9.53. The summed E-state index contributed by atoms with van der Waals surface area (Å²) in [4.78, 5) is 39.6. The smallest absolute Gasteiger partial charge is 0.416 e. The highest BCUT2D eigenvalue weighted by Gasteiger charge is 2.38. The Kier molecular flexibility index (Phi) is 8.51. The standard InChI is InChI=1S/C26H26F6N2O5/c1-14(2)39-24(38)33-8-4-5-21(20-11-17(23(36)37)6-7-22(20)33)34(15(3)35)13-16-9-18(25(27,28)29)12-19(10-16)26(30,31)32/h6-7,9-12,14,21H,4-5,8,13H2,1-3H3,(H,36,37). The second-order valence-electron chi connectivity index (χ2n) is 9.38. The maximum Gasteiger partial charge on any atom is 0.416 e. The minimum atomic E-state index is -5.07. The first-order valence-electron chi connectivity index (χ1n) is 11.9. The predicted octanol–water partition coefficient (Wildman–Crippen LogP) is 6.66. The lowest BCUT2D eigenvalue weighted by atomic mass is 9.96. The second kappa shape index (κ2) is 11.1. The zero-order chi connectivity index (χ0) is 29.3. The molecule has 1 heterocycles. The summed E-state index contributed by atoms with van der Waals surface area (Å²) in [6, 6.07) is 3.98. The molecule has 0 radical (unpaired) electrons. The number of rotatable bonds is 5. The van der Waals surface area contributed by atoms with Gasteiger partial charge in [0.2, 0.25) is 5.91 Å². The monoisotopic (exact) mass is 560 g/mol. The number of halogens is 6. The fourth-order valence-electron chi connectivity index (χ4n) is 4.45. The number of carbonyl (C=O) groups excluding carboxylic acids is 2. The Bertz CT molecular complexity index is 1230. The third-order valence-corrected chi connectivity index (χ3v) is 6.12. The molecular formula is C26H26F6N2O5. The van der Waals surface area contributed by atoms with Crippen molar-refractivity contribution in [2.24, 2.45) is 0 Å². The predicted molar refractivity (Wildman–Crippen MR) is 127 cm³/mol. The lowest BCUT2D eigenvalue weighted by molar-refractivity contribution is -0.143. The minimum Gasteiger partial charge on any atom is -0.478 e. The largest absolute Gasteiger partial charge is 0.478 e. The molecular weight excluding hydrogens is 534 g/mol. The summed E-state index contributed by atoms with van der Waals surface area (Å²) >= 11 is 0. The number of hydrogen-bond donors (Lipinski definition) is 1. The lowest BCUT2D eigenvalue weighted by Gasteiger charge is -2.32. The topological polar surface area (TPSA) is 87.2 Å². The number of amides is 2. The van der Waals surface area contributed by atoms with E-state index in [-0.39, 0.29) is 42.3 Å². The first-order valence-corrected chi connectivity index (χ1v) is 11.9. The Balaban J connectivity index is 2.14. The van der Waals surface area contributed by atoms with E-state index in [4.69, 9.17) is 4.74 Å². The van der Waals surface area contributed by atoms with Crippen LogP contribution in [0.5, 0.6) is 0 Å². The third kappa shape index (κ3) is 7.01. The Morgan fingerprint density at radius 2 is 1.62 bits per heavy atom. The van der Waals surface area contributed by atoms with Crippen molar-refractivity contribution >= 4 is 23.7 Å². The van der Waals surface area contributed by atoms with Gasteiger partial charge in [-0.15, -0.1) is 0 Å². The van der Waals surface area contributed by atoms with E-state index in [0.29, 0.717) is 12.1 Å². The van der Waals surface area contributed by atoms with Crippen LogP contribution in [0.25, 0.3) is 0 Å². The molecule has 1 unspecified atom stereocenters. The van der Waals surface area contributed by atoms with Gasteiger partial charge >= 0.3 is 24.4 Å². The summed E-state index contributed by atoms with van der Waals surface area (Å²) in [6.45, 7) is 3.87. The number of carboxylic acid groups (broad SMARTS) is 1. The molecule has 1 aliphatic heterocycles. The van der Waals surface area contributed by atoms with E-state index in [1.54, 1.807) is 13.8 Å². The Morgan fingerprint density at radius 1 is 1.03 bits per heavy atom. The van der Waals surface area contributed by atoms with Crippen molar-refractivity contribution in [1.82, 2.24) is 4.90 Å². The molecule has 0 saturated carbocycles. The van der Waals surface area contributed by atoms with E-state index in [1.807, 2.05) is 0 Å². The summed E-state index contributed by atoms with van der Waals surface area (Å²) in [5.74, 6) is -1.98. The highest BCUT2D eigenvalue weighted by atomic mass is 19.4. The van der Waals surface area contributed by atoms with Gasteiger partial charge < -0.3 is 14.7 Å². The van der Waals surface area contributed by atoms with Crippen molar-refractivity contribution in [3.8, 4) is 0 Å². The van der Waals surface area contributed by atoms with Gasteiger partial charge in [0, 0.05) is 20.0 Å². The van der Waals surface area contributed by atoms with Gasteiger partial charge in [0.25, 0.3) is 0 Å². The molecule has 0 spiro atoms. The van der Waals surface area contributed by atoms with Gasteiger partial charge in [0.1, 0.15) is 0 Å². The van der Waals surface area contributed by atoms with Crippen molar-refractivity contribution in [2.45, 2.75) is 64.7 Å². The van der Waals surface area contributed by atoms with Crippen LogP contribution in [0, 0.1) is 0 Å². The van der Waals surface area contributed by atoms with Crippen molar-refractivity contribution in [2.75, 3.05) is 11.4 Å². The van der Waals surface area contributed by atoms with E-state index in [0.717, 1.165) is 11.8 Å². The number of hydrogen-bond acceptors (Lipinski definition) is 4. The van der Waals surface area contributed by atoms with Crippen molar-refractivity contribution in [3.05, 3.63) is 64.2 Å². The lowest BCUT2D eigenvalue weighted by Crippen LogP contribution is -2.35. The number of carbonyl (C=O) groups is 3. The zero-order valence-corrected chi connectivity index (χ0v) is 21.2. The normalized spacial score (nSPS) is 15.9. The molecule has 0 bridgehead atoms. The van der Waals surface area contributed by atoms with Gasteiger partial charge in [-0.3, -0.25) is 9.69 Å². The SMILES string of the molecule is CC(=O)N(Cc1cc(C(F)(F)F)cc(C(F)(F)F)c1)C1CCCN(C(=O)OC(C)C)c2ccc(C(=O)O)cc21. The van der Waals surface area contributed by atoms with Gasteiger partial charge in [-0.1, -0.05) is 0 Å². The zero-order valence-electron chi connectivity index (χ0n) is 21.2. The fraction of sp³-hybridized carbons (Fsp3) is 0.423. The highest BCUT2D eigenvalue weighted by molar-refractivity contribution is 5.93. The summed E-state index contributed by atoms with van der Waals surface area (Å²) < 4.78 is 85.8. The average Bonchev–Trinajstić information content (AvgIpc) is 2.99. The van der Waals surface area contributed by atoms with Crippen LogP contribution < -0.4 is 4.90 Å². The van der Waals surface area contributed by atoms with Gasteiger partial charge in [-0.05, 0) is 74.2 Å². The number of aromatic carboxylic acids is 1. The molecule has 1 atom stereocenters. The summed E-state index contributed by atoms with van der Waals surface area (Å²) in [5.41, 5.74) is -3.21. The van der Waals surface area contributed by atoms with E-state index >= 15 is 0 Å². The maximum atomic E-state index is 13.4. The minimum absolute atomic E-state index is 0.0000924. The number of nitrogens with zero attached hydrogens (tertiary/aromatic N) is 2. The number of anilines is 1. The van der Waals surface area contributed by atoms with Crippen molar-refractivity contribution in [1.29, 1.82) is 0 Å². The number of ether oxygens (including phenoxy) is 1. The van der Waals surface area contributed by atoms with Crippen LogP contribution in [-0.4, -0.2) is 40.6 Å². The molecule has 1 aliphatic rings. The van der Waals surface area contributed by atoms with Crippen molar-refractivity contribution in [3.63, 3.8) is 0 Å². The number of benzene rings is 2.